The van der Waals surface area contributed by atoms with Crippen LogP contribution in [0, 0.1) is 5.92 Å². The molecule has 0 amide bonds. The number of nitrogens with zero attached hydrogens (tertiary/aromatic N) is 4. The number of anilines is 1. The Morgan fingerprint density at radius 1 is 1.29 bits per heavy atom. The predicted molar refractivity (Wildman–Crippen MR) is 86.7 cm³/mol. The van der Waals surface area contributed by atoms with Gasteiger partial charge in [0, 0.05) is 15.7 Å². The van der Waals surface area contributed by atoms with E-state index in [2.05, 4.69) is 38.4 Å². The van der Waals surface area contributed by atoms with Gasteiger partial charge in [0.25, 0.3) is 0 Å². The van der Waals surface area contributed by atoms with E-state index in [1.807, 2.05) is 22.9 Å². The summed E-state index contributed by atoms with van der Waals surface area (Å²) in [7, 11) is 0. The zero-order valence-corrected chi connectivity index (χ0v) is 13.8. The van der Waals surface area contributed by atoms with Gasteiger partial charge in [0.2, 0.25) is 0 Å². The Labute approximate surface area is 133 Å². The summed E-state index contributed by atoms with van der Waals surface area (Å²) in [6, 6.07) is 6.22. The summed E-state index contributed by atoms with van der Waals surface area (Å²) in [5, 5.41) is 12.4. The summed E-state index contributed by atoms with van der Waals surface area (Å²) in [6.07, 6.45) is 6.16. The molecule has 1 aliphatic rings. The van der Waals surface area contributed by atoms with Crippen molar-refractivity contribution in [3.63, 3.8) is 0 Å². The highest BCUT2D eigenvalue weighted by molar-refractivity contribution is 9.10. The van der Waals surface area contributed by atoms with E-state index in [9.17, 15) is 0 Å². The molecule has 1 fully saturated rings. The standard InChI is InChI=1S/C15H20BrN5/c1-2-10-5-3-4-6-14(10)21-15(18-19-20-21)11-7-12(16)9-13(17)8-11/h7-10,14H,2-6,17H2,1H3. The van der Waals surface area contributed by atoms with Crippen molar-refractivity contribution in [1.82, 2.24) is 20.2 Å². The Bertz CT molecular complexity index is 604. The third-order valence-corrected chi connectivity index (χ3v) is 4.84. The fourth-order valence-electron chi connectivity index (χ4n) is 3.33. The fraction of sp³-hybridized carbons (Fsp3) is 0.533. The van der Waals surface area contributed by atoms with Crippen LogP contribution in [0.2, 0.25) is 0 Å². The molecule has 0 bridgehead atoms. The molecule has 1 saturated carbocycles. The van der Waals surface area contributed by atoms with Gasteiger partial charge in [-0.2, -0.15) is 0 Å². The quantitative estimate of drug-likeness (QED) is 0.855. The molecule has 112 valence electrons. The lowest BCUT2D eigenvalue weighted by molar-refractivity contribution is 0.216. The highest BCUT2D eigenvalue weighted by Gasteiger charge is 2.28. The van der Waals surface area contributed by atoms with E-state index in [-0.39, 0.29) is 0 Å². The normalized spacial score (nSPS) is 22.4. The van der Waals surface area contributed by atoms with Crippen LogP contribution in [0.25, 0.3) is 11.4 Å². The number of nitrogens with two attached hydrogens (primary N) is 1. The van der Waals surface area contributed by atoms with Crippen LogP contribution < -0.4 is 5.73 Å². The number of tetrazole rings is 1. The van der Waals surface area contributed by atoms with Crippen LogP contribution in [-0.2, 0) is 0 Å². The SMILES string of the molecule is CCC1CCCCC1n1nnnc1-c1cc(N)cc(Br)c1. The molecule has 21 heavy (non-hydrogen) atoms. The van der Waals surface area contributed by atoms with E-state index in [1.54, 1.807) is 0 Å². The van der Waals surface area contributed by atoms with Crippen molar-refractivity contribution < 1.29 is 0 Å². The third-order valence-electron chi connectivity index (χ3n) is 4.38. The molecule has 1 aromatic carbocycles. The Balaban J connectivity index is 2.00. The van der Waals surface area contributed by atoms with E-state index < -0.39 is 0 Å². The van der Waals surface area contributed by atoms with Crippen LogP contribution in [-0.4, -0.2) is 20.2 Å². The van der Waals surface area contributed by atoms with Crippen LogP contribution in [0.5, 0.6) is 0 Å². The van der Waals surface area contributed by atoms with Gasteiger partial charge in [-0.15, -0.1) is 5.10 Å². The molecular formula is C15H20BrN5. The van der Waals surface area contributed by atoms with Gasteiger partial charge >= 0.3 is 0 Å². The highest BCUT2D eigenvalue weighted by Crippen LogP contribution is 2.37. The first kappa shape index (κ1) is 14.5. The summed E-state index contributed by atoms with van der Waals surface area (Å²) in [6.45, 7) is 2.25. The number of rotatable bonds is 3. The van der Waals surface area contributed by atoms with E-state index in [4.69, 9.17) is 5.73 Å². The lowest BCUT2D eigenvalue weighted by Crippen LogP contribution is -2.24. The van der Waals surface area contributed by atoms with Crippen molar-refractivity contribution in [3.05, 3.63) is 22.7 Å². The van der Waals surface area contributed by atoms with Crippen LogP contribution in [0.15, 0.2) is 22.7 Å². The van der Waals surface area contributed by atoms with E-state index >= 15 is 0 Å². The Morgan fingerprint density at radius 3 is 2.86 bits per heavy atom. The summed E-state index contributed by atoms with van der Waals surface area (Å²) in [5.41, 5.74) is 7.62. The summed E-state index contributed by atoms with van der Waals surface area (Å²) >= 11 is 3.49. The van der Waals surface area contributed by atoms with Crippen molar-refractivity contribution in [3.8, 4) is 11.4 Å². The van der Waals surface area contributed by atoms with Crippen LogP contribution in [0.1, 0.15) is 45.1 Å². The van der Waals surface area contributed by atoms with Crippen LogP contribution in [0.4, 0.5) is 5.69 Å². The lowest BCUT2D eigenvalue weighted by atomic mass is 9.83. The summed E-state index contributed by atoms with van der Waals surface area (Å²) < 4.78 is 2.96. The van der Waals surface area contributed by atoms with Gasteiger partial charge in [-0.05, 0) is 47.4 Å². The van der Waals surface area contributed by atoms with Gasteiger partial charge in [0.05, 0.1) is 6.04 Å². The smallest absolute Gasteiger partial charge is 0.182 e. The average molecular weight is 350 g/mol. The topological polar surface area (TPSA) is 69.6 Å². The minimum atomic E-state index is 0.397. The Hall–Kier alpha value is -1.43. The summed E-state index contributed by atoms with van der Waals surface area (Å²) in [5.74, 6) is 1.47. The maximum absolute atomic E-state index is 5.94. The van der Waals surface area contributed by atoms with Gasteiger partial charge in [-0.1, -0.05) is 42.1 Å². The zero-order chi connectivity index (χ0) is 14.8. The molecule has 1 heterocycles. The maximum Gasteiger partial charge on any atom is 0.182 e. The van der Waals surface area contributed by atoms with Crippen molar-refractivity contribution in [2.45, 2.75) is 45.1 Å². The number of hydrogen-bond acceptors (Lipinski definition) is 4. The molecule has 1 aliphatic carbocycles. The van der Waals surface area contributed by atoms with Gasteiger partial charge in [-0.3, -0.25) is 0 Å². The fourth-order valence-corrected chi connectivity index (χ4v) is 3.85. The van der Waals surface area contributed by atoms with Crippen LogP contribution in [0.3, 0.4) is 0 Å². The summed E-state index contributed by atoms with van der Waals surface area (Å²) in [4.78, 5) is 0. The van der Waals surface area contributed by atoms with Gasteiger partial charge in [0.15, 0.2) is 5.82 Å². The number of benzene rings is 1. The second-order valence-electron chi connectivity index (χ2n) is 5.74. The molecule has 2 atom stereocenters. The first-order valence-corrected chi connectivity index (χ1v) is 8.32. The number of halogens is 1. The van der Waals surface area contributed by atoms with Crippen molar-refractivity contribution in [2.75, 3.05) is 5.73 Å². The minimum Gasteiger partial charge on any atom is -0.399 e. The molecule has 0 radical (unpaired) electrons. The Kier molecular flexibility index (Phi) is 4.24. The maximum atomic E-state index is 5.94. The molecular weight excluding hydrogens is 330 g/mol. The van der Waals surface area contributed by atoms with Crippen molar-refractivity contribution in [1.29, 1.82) is 0 Å². The van der Waals surface area contributed by atoms with Gasteiger partial charge in [0.1, 0.15) is 0 Å². The first-order chi connectivity index (χ1) is 10.2. The molecule has 0 aliphatic heterocycles. The highest BCUT2D eigenvalue weighted by atomic mass is 79.9. The molecule has 1 aromatic heterocycles. The van der Waals surface area contributed by atoms with Crippen molar-refractivity contribution in [2.24, 2.45) is 5.92 Å². The third kappa shape index (κ3) is 2.95. The predicted octanol–water partition coefficient (Wildman–Crippen LogP) is 3.83. The molecule has 5 nitrogen and oxygen atoms in total. The molecule has 2 aromatic rings. The van der Waals surface area contributed by atoms with Crippen molar-refractivity contribution >= 4 is 21.6 Å². The van der Waals surface area contributed by atoms with E-state index in [1.165, 1.54) is 25.7 Å². The minimum absolute atomic E-state index is 0.397. The second-order valence-corrected chi connectivity index (χ2v) is 6.66. The van der Waals surface area contributed by atoms with E-state index in [0.717, 1.165) is 22.3 Å². The molecule has 2 unspecified atom stereocenters. The van der Waals surface area contributed by atoms with Gasteiger partial charge in [-0.25, -0.2) is 4.68 Å². The zero-order valence-electron chi connectivity index (χ0n) is 12.2. The van der Waals surface area contributed by atoms with Crippen LogP contribution >= 0.6 is 15.9 Å². The number of aromatic nitrogens is 4. The monoisotopic (exact) mass is 349 g/mol. The molecule has 6 heteroatoms. The van der Waals surface area contributed by atoms with Gasteiger partial charge < -0.3 is 5.73 Å². The largest absolute Gasteiger partial charge is 0.399 e. The second kappa shape index (κ2) is 6.13. The molecule has 2 N–H and O–H groups in total. The lowest BCUT2D eigenvalue weighted by Gasteiger charge is -2.31. The number of hydrogen-bond donors (Lipinski definition) is 1. The molecule has 3 rings (SSSR count). The number of nitrogen functional groups attached to an aromatic ring is 1. The van der Waals surface area contributed by atoms with E-state index in [0.29, 0.717) is 17.6 Å². The molecule has 0 spiro atoms. The Morgan fingerprint density at radius 2 is 2.10 bits per heavy atom. The molecule has 0 saturated heterocycles. The first-order valence-electron chi connectivity index (χ1n) is 7.53. The average Bonchev–Trinajstić information content (AvgIpc) is 2.95.